The SMILES string of the molecule is CC1(CNc2ncc(Cl)cc2Br)CCC1. The highest BCUT2D eigenvalue weighted by atomic mass is 79.9. The maximum absolute atomic E-state index is 5.83. The fourth-order valence-electron chi connectivity index (χ4n) is 1.80. The molecule has 0 spiro atoms. The first kappa shape index (κ1) is 11.2. The first-order valence-corrected chi connectivity index (χ1v) is 6.31. The number of hydrogen-bond acceptors (Lipinski definition) is 2. The van der Waals surface area contributed by atoms with E-state index in [1.165, 1.54) is 19.3 Å². The highest BCUT2D eigenvalue weighted by molar-refractivity contribution is 9.10. The molecule has 0 radical (unpaired) electrons. The smallest absolute Gasteiger partial charge is 0.140 e. The van der Waals surface area contributed by atoms with Crippen LogP contribution in [0.1, 0.15) is 26.2 Å². The van der Waals surface area contributed by atoms with Gasteiger partial charge in [-0.25, -0.2) is 4.98 Å². The first-order valence-electron chi connectivity index (χ1n) is 5.14. The van der Waals surface area contributed by atoms with Crippen molar-refractivity contribution in [3.8, 4) is 0 Å². The number of halogens is 2. The lowest BCUT2D eigenvalue weighted by Crippen LogP contribution is -2.33. The molecule has 82 valence electrons. The Balaban J connectivity index is 1.98. The second kappa shape index (κ2) is 4.30. The summed E-state index contributed by atoms with van der Waals surface area (Å²) in [6, 6.07) is 1.86. The molecule has 1 saturated carbocycles. The van der Waals surface area contributed by atoms with Crippen LogP contribution in [0.15, 0.2) is 16.7 Å². The van der Waals surface area contributed by atoms with Crippen molar-refractivity contribution in [2.45, 2.75) is 26.2 Å². The average molecular weight is 290 g/mol. The van der Waals surface area contributed by atoms with Crippen LogP contribution < -0.4 is 5.32 Å². The minimum Gasteiger partial charge on any atom is -0.369 e. The summed E-state index contributed by atoms with van der Waals surface area (Å²) in [5, 5.41) is 4.02. The van der Waals surface area contributed by atoms with Crippen LogP contribution in [0, 0.1) is 5.41 Å². The van der Waals surface area contributed by atoms with Crippen molar-refractivity contribution in [2.24, 2.45) is 5.41 Å². The molecule has 1 aromatic heterocycles. The summed E-state index contributed by atoms with van der Waals surface area (Å²) in [5.74, 6) is 0.882. The molecule has 1 heterocycles. The van der Waals surface area contributed by atoms with Crippen LogP contribution in [0.4, 0.5) is 5.82 Å². The van der Waals surface area contributed by atoms with Crippen LogP contribution in [0.2, 0.25) is 5.02 Å². The number of nitrogens with zero attached hydrogens (tertiary/aromatic N) is 1. The van der Waals surface area contributed by atoms with Crippen molar-refractivity contribution >= 4 is 33.3 Å². The Morgan fingerprint density at radius 2 is 2.33 bits per heavy atom. The van der Waals surface area contributed by atoms with E-state index in [0.717, 1.165) is 16.8 Å². The van der Waals surface area contributed by atoms with Crippen LogP contribution in [-0.2, 0) is 0 Å². The Hall–Kier alpha value is -0.280. The third-order valence-electron chi connectivity index (χ3n) is 3.05. The minimum absolute atomic E-state index is 0.459. The summed E-state index contributed by atoms with van der Waals surface area (Å²) in [6.45, 7) is 3.30. The summed E-state index contributed by atoms with van der Waals surface area (Å²) in [4.78, 5) is 4.25. The molecule has 1 aliphatic carbocycles. The third-order valence-corrected chi connectivity index (χ3v) is 3.86. The largest absolute Gasteiger partial charge is 0.369 e. The van der Waals surface area contributed by atoms with Crippen LogP contribution in [-0.4, -0.2) is 11.5 Å². The second-order valence-corrected chi connectivity index (χ2v) is 5.79. The number of anilines is 1. The predicted molar refractivity (Wildman–Crippen MR) is 67.4 cm³/mol. The molecule has 1 fully saturated rings. The molecule has 0 amide bonds. The van der Waals surface area contributed by atoms with Gasteiger partial charge < -0.3 is 5.32 Å². The van der Waals surface area contributed by atoms with E-state index in [4.69, 9.17) is 11.6 Å². The number of nitrogens with one attached hydrogen (secondary N) is 1. The fourth-order valence-corrected chi connectivity index (χ4v) is 2.58. The van der Waals surface area contributed by atoms with Gasteiger partial charge in [-0.3, -0.25) is 0 Å². The van der Waals surface area contributed by atoms with Gasteiger partial charge in [0, 0.05) is 12.7 Å². The Kier molecular flexibility index (Phi) is 3.21. The topological polar surface area (TPSA) is 24.9 Å². The summed E-state index contributed by atoms with van der Waals surface area (Å²) in [7, 11) is 0. The van der Waals surface area contributed by atoms with Gasteiger partial charge in [-0.2, -0.15) is 0 Å². The lowest BCUT2D eigenvalue weighted by molar-refractivity contribution is 0.180. The number of hydrogen-bond donors (Lipinski definition) is 1. The zero-order chi connectivity index (χ0) is 10.9. The molecule has 15 heavy (non-hydrogen) atoms. The zero-order valence-electron chi connectivity index (χ0n) is 8.69. The van der Waals surface area contributed by atoms with Crippen LogP contribution in [0.3, 0.4) is 0 Å². The molecule has 1 aromatic rings. The van der Waals surface area contributed by atoms with Gasteiger partial charge in [-0.1, -0.05) is 24.9 Å². The monoisotopic (exact) mass is 288 g/mol. The Labute approximate surface area is 104 Å². The summed E-state index contributed by atoms with van der Waals surface area (Å²) in [5.41, 5.74) is 0.459. The first-order chi connectivity index (χ1) is 7.09. The quantitative estimate of drug-likeness (QED) is 0.906. The van der Waals surface area contributed by atoms with Crippen molar-refractivity contribution in [1.82, 2.24) is 4.98 Å². The molecular weight excluding hydrogens is 275 g/mol. The normalized spacial score (nSPS) is 18.3. The minimum atomic E-state index is 0.459. The van der Waals surface area contributed by atoms with Gasteiger partial charge in [-0.05, 0) is 40.3 Å². The van der Waals surface area contributed by atoms with Crippen molar-refractivity contribution in [2.75, 3.05) is 11.9 Å². The standard InChI is InChI=1S/C11H14BrClN2/c1-11(3-2-4-11)7-15-10-9(12)5-8(13)6-14-10/h5-6H,2-4,7H2,1H3,(H,14,15). The predicted octanol–water partition coefficient (Wildman–Crippen LogP) is 4.10. The highest BCUT2D eigenvalue weighted by Gasteiger charge is 2.31. The molecule has 2 nitrogen and oxygen atoms in total. The lowest BCUT2D eigenvalue weighted by atomic mass is 9.70. The Morgan fingerprint density at radius 3 is 2.87 bits per heavy atom. The van der Waals surface area contributed by atoms with E-state index in [1.807, 2.05) is 6.07 Å². The number of pyridine rings is 1. The van der Waals surface area contributed by atoms with Crippen LogP contribution in [0.5, 0.6) is 0 Å². The van der Waals surface area contributed by atoms with Gasteiger partial charge in [0.15, 0.2) is 0 Å². The van der Waals surface area contributed by atoms with E-state index in [-0.39, 0.29) is 0 Å². The maximum atomic E-state index is 5.83. The molecule has 1 aliphatic rings. The van der Waals surface area contributed by atoms with Gasteiger partial charge in [0.1, 0.15) is 5.82 Å². The molecule has 0 aromatic carbocycles. The maximum Gasteiger partial charge on any atom is 0.140 e. The van der Waals surface area contributed by atoms with E-state index < -0.39 is 0 Å². The van der Waals surface area contributed by atoms with E-state index >= 15 is 0 Å². The van der Waals surface area contributed by atoms with Crippen molar-refractivity contribution in [3.05, 3.63) is 21.8 Å². The molecule has 0 unspecified atom stereocenters. The molecular formula is C11H14BrClN2. The van der Waals surface area contributed by atoms with Crippen molar-refractivity contribution in [3.63, 3.8) is 0 Å². The lowest BCUT2D eigenvalue weighted by Gasteiger charge is -2.38. The summed E-state index contributed by atoms with van der Waals surface area (Å²) >= 11 is 9.27. The van der Waals surface area contributed by atoms with Gasteiger partial charge in [-0.15, -0.1) is 0 Å². The highest BCUT2D eigenvalue weighted by Crippen LogP contribution is 2.40. The van der Waals surface area contributed by atoms with Crippen LogP contribution >= 0.6 is 27.5 Å². The van der Waals surface area contributed by atoms with E-state index in [2.05, 4.69) is 33.2 Å². The van der Waals surface area contributed by atoms with Gasteiger partial charge in [0.2, 0.25) is 0 Å². The fraction of sp³-hybridized carbons (Fsp3) is 0.545. The molecule has 0 aliphatic heterocycles. The Bertz CT molecular complexity index is 364. The molecule has 2 rings (SSSR count). The van der Waals surface area contributed by atoms with Gasteiger partial charge in [0.05, 0.1) is 9.50 Å². The number of rotatable bonds is 3. The molecule has 0 bridgehead atoms. The van der Waals surface area contributed by atoms with Gasteiger partial charge >= 0.3 is 0 Å². The van der Waals surface area contributed by atoms with Crippen molar-refractivity contribution in [1.29, 1.82) is 0 Å². The molecule has 0 atom stereocenters. The van der Waals surface area contributed by atoms with E-state index in [0.29, 0.717) is 10.4 Å². The van der Waals surface area contributed by atoms with E-state index in [9.17, 15) is 0 Å². The molecule has 4 heteroatoms. The summed E-state index contributed by atoms with van der Waals surface area (Å²) < 4.78 is 0.929. The summed E-state index contributed by atoms with van der Waals surface area (Å²) in [6.07, 6.45) is 5.64. The van der Waals surface area contributed by atoms with Gasteiger partial charge in [0.25, 0.3) is 0 Å². The zero-order valence-corrected chi connectivity index (χ0v) is 11.0. The second-order valence-electron chi connectivity index (χ2n) is 4.50. The Morgan fingerprint density at radius 1 is 1.60 bits per heavy atom. The third kappa shape index (κ3) is 2.64. The van der Waals surface area contributed by atoms with E-state index in [1.54, 1.807) is 6.20 Å². The number of aromatic nitrogens is 1. The molecule has 0 saturated heterocycles. The molecule has 1 N–H and O–H groups in total. The van der Waals surface area contributed by atoms with Crippen molar-refractivity contribution < 1.29 is 0 Å². The van der Waals surface area contributed by atoms with Crippen LogP contribution in [0.25, 0.3) is 0 Å². The average Bonchev–Trinajstić information content (AvgIpc) is 2.14.